The maximum Gasteiger partial charge on any atom is 0.264 e. The first-order valence-corrected chi connectivity index (χ1v) is 10.0. The van der Waals surface area contributed by atoms with Gasteiger partial charge in [0, 0.05) is 29.2 Å². The number of aromatic amines is 1. The van der Waals surface area contributed by atoms with Crippen LogP contribution in [0.5, 0.6) is 0 Å². The second-order valence-corrected chi connectivity index (χ2v) is 7.98. The summed E-state index contributed by atoms with van der Waals surface area (Å²) in [5.41, 5.74) is 3.02. The Morgan fingerprint density at radius 3 is 2.65 bits per heavy atom. The minimum absolute atomic E-state index is 0.149. The zero-order valence-electron chi connectivity index (χ0n) is 14.6. The van der Waals surface area contributed by atoms with Gasteiger partial charge >= 0.3 is 0 Å². The van der Waals surface area contributed by atoms with Gasteiger partial charge < -0.3 is 10.3 Å². The van der Waals surface area contributed by atoms with Gasteiger partial charge in [0.05, 0.1) is 18.6 Å². The molecule has 0 saturated heterocycles. The Labute approximate surface area is 150 Å². The largest absolute Gasteiger partial charge is 0.377 e. The molecule has 0 atom stereocenters. The fourth-order valence-corrected chi connectivity index (χ4v) is 3.34. The van der Waals surface area contributed by atoms with Crippen molar-refractivity contribution in [1.29, 1.82) is 0 Å². The van der Waals surface area contributed by atoms with Crippen LogP contribution in [-0.4, -0.2) is 26.3 Å². The quantitative estimate of drug-likeness (QED) is 0.351. The number of benzene rings is 1. The fraction of sp³-hybridized carbons (Fsp3) is 0.333. The van der Waals surface area contributed by atoms with Crippen LogP contribution in [0, 0.1) is 6.92 Å². The maximum atomic E-state index is 11.5. The number of H-pyrrole nitrogens is 1. The molecular weight excluding hydrogens is 356 g/mol. The highest BCUT2D eigenvalue weighted by molar-refractivity contribution is 7.85. The molecule has 7 nitrogen and oxygen atoms in total. The van der Waals surface area contributed by atoms with Crippen LogP contribution in [-0.2, 0) is 27.3 Å². The van der Waals surface area contributed by atoms with Crippen LogP contribution in [0.15, 0.2) is 34.0 Å². The van der Waals surface area contributed by atoms with Gasteiger partial charge in [-0.2, -0.15) is 8.42 Å². The van der Waals surface area contributed by atoms with E-state index in [1.807, 2.05) is 24.4 Å². The lowest BCUT2D eigenvalue weighted by molar-refractivity contribution is 0.316. The molecule has 0 aliphatic heterocycles. The van der Waals surface area contributed by atoms with Gasteiger partial charge in [0.1, 0.15) is 0 Å². The lowest BCUT2D eigenvalue weighted by Crippen LogP contribution is -2.36. The number of aryl methyl sites for hydroxylation is 1. The van der Waals surface area contributed by atoms with E-state index in [1.54, 1.807) is 6.92 Å². The van der Waals surface area contributed by atoms with Crippen LogP contribution >= 0.6 is 0 Å². The summed E-state index contributed by atoms with van der Waals surface area (Å²) < 4.78 is 26.7. The van der Waals surface area contributed by atoms with Crippen molar-refractivity contribution in [2.24, 2.45) is 0 Å². The number of hydrogen-bond acceptors (Lipinski definition) is 6. The Morgan fingerprint density at radius 2 is 1.96 bits per heavy atom. The Morgan fingerprint density at radius 1 is 1.19 bits per heavy atom. The van der Waals surface area contributed by atoms with E-state index in [9.17, 15) is 18.0 Å². The van der Waals surface area contributed by atoms with Gasteiger partial charge in [0.25, 0.3) is 10.1 Å². The molecule has 1 heterocycles. The van der Waals surface area contributed by atoms with E-state index < -0.39 is 21.0 Å². The monoisotopic (exact) mass is 376 g/mol. The fourth-order valence-electron chi connectivity index (χ4n) is 2.92. The van der Waals surface area contributed by atoms with Gasteiger partial charge in [-0.1, -0.05) is 6.07 Å². The van der Waals surface area contributed by atoms with Crippen LogP contribution in [0.3, 0.4) is 0 Å². The first-order chi connectivity index (χ1) is 12.3. The molecular formula is C18H20N2O5S. The van der Waals surface area contributed by atoms with Crippen molar-refractivity contribution >= 4 is 26.7 Å². The van der Waals surface area contributed by atoms with Gasteiger partial charge in [0.15, 0.2) is 0 Å². The summed E-state index contributed by atoms with van der Waals surface area (Å²) in [7, 11) is -3.41. The minimum Gasteiger partial charge on any atom is -0.377 e. The Kier molecular flexibility index (Phi) is 4.97. The van der Waals surface area contributed by atoms with Crippen molar-refractivity contribution in [3.05, 3.63) is 61.5 Å². The minimum atomic E-state index is -3.41. The number of rotatable bonds is 8. The summed E-state index contributed by atoms with van der Waals surface area (Å²) >= 11 is 0. The van der Waals surface area contributed by atoms with Crippen molar-refractivity contribution in [2.75, 3.05) is 18.2 Å². The number of hydrogen-bond donors (Lipinski definition) is 2. The first kappa shape index (κ1) is 18.3. The SMILES string of the molecule is Cc1c(NCc2ccc3[nH]cc(CCCOS(C)(=O)=O)c3c2)c(=O)c1=O. The molecule has 1 aromatic heterocycles. The van der Waals surface area contributed by atoms with Gasteiger partial charge in [-0.15, -0.1) is 0 Å². The van der Waals surface area contributed by atoms with E-state index in [0.717, 1.165) is 28.3 Å². The average molecular weight is 376 g/mol. The van der Waals surface area contributed by atoms with Gasteiger partial charge in [0.2, 0.25) is 10.9 Å². The smallest absolute Gasteiger partial charge is 0.264 e. The van der Waals surface area contributed by atoms with Gasteiger partial charge in [-0.3, -0.25) is 13.8 Å². The third kappa shape index (κ3) is 3.86. The van der Waals surface area contributed by atoms with E-state index in [1.165, 1.54) is 0 Å². The predicted octanol–water partition coefficient (Wildman–Crippen LogP) is 1.59. The predicted molar refractivity (Wildman–Crippen MR) is 101 cm³/mol. The third-order valence-corrected chi connectivity index (χ3v) is 4.93. The lowest BCUT2D eigenvalue weighted by Gasteiger charge is -2.10. The molecule has 0 radical (unpaired) electrons. The Balaban J connectivity index is 1.68. The molecule has 0 amide bonds. The zero-order chi connectivity index (χ0) is 18.9. The normalized spacial score (nSPS) is 12.1. The van der Waals surface area contributed by atoms with E-state index >= 15 is 0 Å². The third-order valence-electron chi connectivity index (χ3n) is 4.34. The topological polar surface area (TPSA) is 105 Å². The number of nitrogens with one attached hydrogen (secondary N) is 2. The lowest BCUT2D eigenvalue weighted by atomic mass is 10.1. The summed E-state index contributed by atoms with van der Waals surface area (Å²) in [6.45, 7) is 2.23. The molecule has 0 bridgehead atoms. The molecule has 0 fully saturated rings. The van der Waals surface area contributed by atoms with Crippen molar-refractivity contribution in [2.45, 2.75) is 26.3 Å². The molecule has 0 unspecified atom stereocenters. The summed E-state index contributed by atoms with van der Waals surface area (Å²) in [6, 6.07) is 5.92. The Bertz CT molecular complexity index is 1120. The van der Waals surface area contributed by atoms with Crippen LogP contribution in [0.2, 0.25) is 0 Å². The van der Waals surface area contributed by atoms with E-state index in [2.05, 4.69) is 10.3 Å². The molecule has 2 aromatic carbocycles. The van der Waals surface area contributed by atoms with Crippen molar-refractivity contribution < 1.29 is 12.6 Å². The summed E-state index contributed by atoms with van der Waals surface area (Å²) in [5, 5.41) is 4.07. The summed E-state index contributed by atoms with van der Waals surface area (Å²) in [5.74, 6) is 0. The molecule has 0 spiro atoms. The number of anilines is 1. The standard InChI is InChI=1S/C18H20N2O5S/c1-11-16(18(22)17(11)21)20-9-12-5-6-15-14(8-12)13(10-19-15)4-3-7-25-26(2,23)24/h5-6,8,10,19-20H,3-4,7,9H2,1-2H3. The second-order valence-electron chi connectivity index (χ2n) is 6.34. The molecule has 8 heteroatoms. The van der Waals surface area contributed by atoms with Crippen molar-refractivity contribution in [3.8, 4) is 0 Å². The molecule has 138 valence electrons. The molecule has 0 aliphatic carbocycles. The van der Waals surface area contributed by atoms with Crippen molar-refractivity contribution in [3.63, 3.8) is 0 Å². The van der Waals surface area contributed by atoms with Gasteiger partial charge in [-0.25, -0.2) is 0 Å². The van der Waals surface area contributed by atoms with E-state index in [0.29, 0.717) is 30.6 Å². The molecule has 2 N–H and O–H groups in total. The zero-order valence-corrected chi connectivity index (χ0v) is 15.4. The molecule has 3 aromatic rings. The molecule has 26 heavy (non-hydrogen) atoms. The molecule has 3 rings (SSSR count). The van der Waals surface area contributed by atoms with E-state index in [-0.39, 0.29) is 6.61 Å². The highest BCUT2D eigenvalue weighted by atomic mass is 32.2. The summed E-state index contributed by atoms with van der Waals surface area (Å²) in [4.78, 5) is 26.0. The average Bonchev–Trinajstić information content (AvgIpc) is 3.00. The first-order valence-electron chi connectivity index (χ1n) is 8.23. The van der Waals surface area contributed by atoms with E-state index in [4.69, 9.17) is 4.18 Å². The highest BCUT2D eigenvalue weighted by Crippen LogP contribution is 2.22. The highest BCUT2D eigenvalue weighted by Gasteiger charge is 2.16. The second kappa shape index (κ2) is 7.05. The maximum absolute atomic E-state index is 11.5. The number of aromatic nitrogens is 1. The Hall–Kier alpha value is -2.45. The van der Waals surface area contributed by atoms with Crippen LogP contribution in [0.25, 0.3) is 10.9 Å². The van der Waals surface area contributed by atoms with Crippen LogP contribution < -0.4 is 16.2 Å². The van der Waals surface area contributed by atoms with Crippen LogP contribution in [0.4, 0.5) is 5.69 Å². The summed E-state index contributed by atoms with van der Waals surface area (Å²) in [6.07, 6.45) is 4.22. The van der Waals surface area contributed by atoms with Crippen molar-refractivity contribution in [1.82, 2.24) is 4.98 Å². The molecule has 0 aliphatic rings. The number of fused-ring (bicyclic) bond motifs is 1. The van der Waals surface area contributed by atoms with Gasteiger partial charge in [-0.05, 0) is 43.0 Å². The van der Waals surface area contributed by atoms with Crippen LogP contribution in [0.1, 0.15) is 23.1 Å². The molecule has 0 saturated carbocycles.